The quantitative estimate of drug-likeness (QED) is 0.766. The molecule has 0 saturated heterocycles. The van der Waals surface area contributed by atoms with Crippen LogP contribution in [0.2, 0.25) is 5.02 Å². The maximum Gasteiger partial charge on any atom is 0.0451 e. The molecule has 0 amide bonds. The fourth-order valence-corrected chi connectivity index (χ4v) is 2.59. The van der Waals surface area contributed by atoms with Gasteiger partial charge in [0, 0.05) is 18.1 Å². The number of hydrogen-bond acceptors (Lipinski definition) is 2. The van der Waals surface area contributed by atoms with E-state index in [0.717, 1.165) is 23.9 Å². The van der Waals surface area contributed by atoms with Crippen LogP contribution in [0.15, 0.2) is 24.3 Å². The van der Waals surface area contributed by atoms with Gasteiger partial charge in [0.05, 0.1) is 0 Å². The molecule has 3 heteroatoms. The van der Waals surface area contributed by atoms with Gasteiger partial charge in [0.2, 0.25) is 0 Å². The van der Waals surface area contributed by atoms with Gasteiger partial charge >= 0.3 is 0 Å². The molecule has 17 heavy (non-hydrogen) atoms. The first-order valence-corrected chi connectivity index (χ1v) is 7.08. The van der Waals surface area contributed by atoms with Gasteiger partial charge in [-0.1, -0.05) is 43.6 Å². The van der Waals surface area contributed by atoms with Crippen LogP contribution in [0.1, 0.15) is 19.4 Å². The summed E-state index contributed by atoms with van der Waals surface area (Å²) in [6.07, 6.45) is 0. The standard InChI is InChI=1S/C14H22ClNS/c1-11(2)13(10-17)9-16(3)8-12-6-4-5-7-14(12)15/h4-7,11,13,17H,8-10H2,1-3H3. The van der Waals surface area contributed by atoms with E-state index in [1.807, 2.05) is 18.2 Å². The van der Waals surface area contributed by atoms with Gasteiger partial charge in [0.1, 0.15) is 0 Å². The highest BCUT2D eigenvalue weighted by Crippen LogP contribution is 2.19. The second-order valence-corrected chi connectivity index (χ2v) is 5.75. The highest BCUT2D eigenvalue weighted by Gasteiger charge is 2.14. The molecular weight excluding hydrogens is 250 g/mol. The molecule has 1 unspecified atom stereocenters. The minimum absolute atomic E-state index is 0.630. The molecule has 0 N–H and O–H groups in total. The Balaban J connectivity index is 2.55. The van der Waals surface area contributed by atoms with Crippen molar-refractivity contribution in [2.24, 2.45) is 11.8 Å². The maximum absolute atomic E-state index is 6.16. The van der Waals surface area contributed by atoms with Crippen LogP contribution < -0.4 is 0 Å². The highest BCUT2D eigenvalue weighted by molar-refractivity contribution is 7.80. The van der Waals surface area contributed by atoms with Crippen molar-refractivity contribution >= 4 is 24.2 Å². The van der Waals surface area contributed by atoms with E-state index in [1.165, 1.54) is 5.56 Å². The molecular formula is C14H22ClNS. The molecule has 1 nitrogen and oxygen atoms in total. The van der Waals surface area contributed by atoms with E-state index in [-0.39, 0.29) is 0 Å². The summed E-state index contributed by atoms with van der Waals surface area (Å²) in [6, 6.07) is 8.04. The first-order chi connectivity index (χ1) is 8.04. The lowest BCUT2D eigenvalue weighted by Gasteiger charge is -2.25. The number of halogens is 1. The smallest absolute Gasteiger partial charge is 0.0451 e. The monoisotopic (exact) mass is 271 g/mol. The van der Waals surface area contributed by atoms with E-state index in [9.17, 15) is 0 Å². The molecule has 0 heterocycles. The third-order valence-corrected chi connectivity index (χ3v) is 3.96. The Hall–Kier alpha value is -0.180. The fraction of sp³-hybridized carbons (Fsp3) is 0.571. The van der Waals surface area contributed by atoms with Crippen LogP contribution in [0.5, 0.6) is 0 Å². The van der Waals surface area contributed by atoms with Crippen molar-refractivity contribution in [1.82, 2.24) is 4.90 Å². The molecule has 96 valence electrons. The van der Waals surface area contributed by atoms with Crippen LogP contribution in [0.25, 0.3) is 0 Å². The first-order valence-electron chi connectivity index (χ1n) is 6.07. The number of rotatable bonds is 6. The number of thiol groups is 1. The van der Waals surface area contributed by atoms with Crippen LogP contribution in [-0.4, -0.2) is 24.2 Å². The largest absolute Gasteiger partial charge is 0.302 e. The second kappa shape index (κ2) is 7.30. The van der Waals surface area contributed by atoms with Crippen molar-refractivity contribution in [3.8, 4) is 0 Å². The van der Waals surface area contributed by atoms with Crippen molar-refractivity contribution in [1.29, 1.82) is 0 Å². The Morgan fingerprint density at radius 2 is 1.94 bits per heavy atom. The minimum Gasteiger partial charge on any atom is -0.302 e. The van der Waals surface area contributed by atoms with E-state index in [2.05, 4.69) is 44.5 Å². The highest BCUT2D eigenvalue weighted by atomic mass is 35.5. The number of nitrogens with zero attached hydrogens (tertiary/aromatic N) is 1. The summed E-state index contributed by atoms with van der Waals surface area (Å²) < 4.78 is 0. The molecule has 0 spiro atoms. The lowest BCUT2D eigenvalue weighted by atomic mass is 9.97. The maximum atomic E-state index is 6.16. The molecule has 1 atom stereocenters. The Morgan fingerprint density at radius 1 is 1.29 bits per heavy atom. The summed E-state index contributed by atoms with van der Waals surface area (Å²) in [4.78, 5) is 2.32. The zero-order chi connectivity index (χ0) is 12.8. The molecule has 0 saturated carbocycles. The van der Waals surface area contributed by atoms with Crippen LogP contribution in [0, 0.1) is 11.8 Å². The minimum atomic E-state index is 0.630. The van der Waals surface area contributed by atoms with Gasteiger partial charge in [0.15, 0.2) is 0 Å². The van der Waals surface area contributed by atoms with E-state index in [1.54, 1.807) is 0 Å². The molecule has 0 aliphatic carbocycles. The van der Waals surface area contributed by atoms with Crippen molar-refractivity contribution in [2.75, 3.05) is 19.3 Å². The van der Waals surface area contributed by atoms with Gasteiger partial charge in [-0.2, -0.15) is 12.6 Å². The summed E-state index contributed by atoms with van der Waals surface area (Å²) in [5.41, 5.74) is 1.19. The summed E-state index contributed by atoms with van der Waals surface area (Å²) in [5, 5.41) is 0.853. The average molecular weight is 272 g/mol. The first kappa shape index (κ1) is 14.9. The summed E-state index contributed by atoms with van der Waals surface area (Å²) in [6.45, 7) is 6.47. The summed E-state index contributed by atoms with van der Waals surface area (Å²) in [5.74, 6) is 2.23. The van der Waals surface area contributed by atoms with Crippen LogP contribution in [-0.2, 0) is 6.54 Å². The molecule has 0 aliphatic heterocycles. The van der Waals surface area contributed by atoms with E-state index >= 15 is 0 Å². The molecule has 0 bridgehead atoms. The lowest BCUT2D eigenvalue weighted by molar-refractivity contribution is 0.247. The molecule has 0 radical (unpaired) electrons. The SMILES string of the molecule is CC(C)C(CS)CN(C)Cc1ccccc1Cl. The van der Waals surface area contributed by atoms with Gasteiger partial charge in [-0.15, -0.1) is 0 Å². The third-order valence-electron chi connectivity index (χ3n) is 3.12. The van der Waals surface area contributed by atoms with Crippen LogP contribution in [0.4, 0.5) is 0 Å². The Kier molecular flexibility index (Phi) is 6.39. The Labute approximate surface area is 116 Å². The Bertz CT molecular complexity index is 341. The van der Waals surface area contributed by atoms with Crippen molar-refractivity contribution in [3.63, 3.8) is 0 Å². The van der Waals surface area contributed by atoms with E-state index < -0.39 is 0 Å². The fourth-order valence-electron chi connectivity index (χ4n) is 1.86. The topological polar surface area (TPSA) is 3.24 Å². The lowest BCUT2D eigenvalue weighted by Crippen LogP contribution is -2.29. The normalized spacial score (nSPS) is 13.4. The predicted octanol–water partition coefficient (Wildman–Crippen LogP) is 3.97. The molecule has 0 aliphatic rings. The van der Waals surface area contributed by atoms with Crippen LogP contribution in [0.3, 0.4) is 0 Å². The molecule has 0 aromatic heterocycles. The number of hydrogen-bond donors (Lipinski definition) is 1. The Morgan fingerprint density at radius 3 is 2.47 bits per heavy atom. The van der Waals surface area contributed by atoms with Crippen molar-refractivity contribution in [2.45, 2.75) is 20.4 Å². The van der Waals surface area contributed by atoms with Gasteiger partial charge in [-0.3, -0.25) is 0 Å². The van der Waals surface area contributed by atoms with Gasteiger partial charge in [-0.25, -0.2) is 0 Å². The summed E-state index contributed by atoms with van der Waals surface area (Å²) in [7, 11) is 2.14. The summed E-state index contributed by atoms with van der Waals surface area (Å²) >= 11 is 10.6. The molecule has 1 aromatic rings. The van der Waals surface area contributed by atoms with Gasteiger partial charge < -0.3 is 4.90 Å². The molecule has 0 fully saturated rings. The van der Waals surface area contributed by atoms with Gasteiger partial charge in [0.25, 0.3) is 0 Å². The van der Waals surface area contributed by atoms with Crippen molar-refractivity contribution in [3.05, 3.63) is 34.9 Å². The molecule has 1 rings (SSSR count). The predicted molar refractivity (Wildman–Crippen MR) is 80.0 cm³/mol. The van der Waals surface area contributed by atoms with E-state index in [0.29, 0.717) is 11.8 Å². The zero-order valence-electron chi connectivity index (χ0n) is 10.9. The third kappa shape index (κ3) is 4.90. The van der Waals surface area contributed by atoms with Crippen LogP contribution >= 0.6 is 24.2 Å². The zero-order valence-corrected chi connectivity index (χ0v) is 12.5. The van der Waals surface area contributed by atoms with Crippen molar-refractivity contribution < 1.29 is 0 Å². The van der Waals surface area contributed by atoms with Gasteiger partial charge in [-0.05, 0) is 36.3 Å². The van der Waals surface area contributed by atoms with E-state index in [4.69, 9.17) is 11.6 Å². The molecule has 1 aromatic carbocycles. The average Bonchev–Trinajstić information content (AvgIpc) is 2.28. The second-order valence-electron chi connectivity index (χ2n) is 4.97. The number of benzene rings is 1.